The molecule has 1 aliphatic rings. The highest BCUT2D eigenvalue weighted by molar-refractivity contribution is 7.99. The molecule has 0 atom stereocenters. The fraction of sp³-hybridized carbons (Fsp3) is 0.889. The molecule has 2 heteroatoms. The number of rotatable bonds is 4. The van der Waals surface area contributed by atoms with Crippen LogP contribution in [0.15, 0.2) is 0 Å². The van der Waals surface area contributed by atoms with Gasteiger partial charge in [0, 0.05) is 12.2 Å². The minimum Gasteiger partial charge on any atom is -0.198 e. The lowest BCUT2D eigenvalue weighted by Crippen LogP contribution is -2.05. The Morgan fingerprint density at radius 3 is 2.55 bits per heavy atom. The summed E-state index contributed by atoms with van der Waals surface area (Å²) in [5, 5.41) is 9.26. The topological polar surface area (TPSA) is 23.8 Å². The highest BCUT2D eigenvalue weighted by atomic mass is 32.2. The van der Waals surface area contributed by atoms with Crippen molar-refractivity contribution in [1.82, 2.24) is 0 Å². The molecule has 0 spiro atoms. The Balaban J connectivity index is 2.20. The van der Waals surface area contributed by atoms with E-state index in [-0.39, 0.29) is 0 Å². The van der Waals surface area contributed by atoms with Gasteiger partial charge in [-0.05, 0) is 23.5 Å². The molecule has 0 heterocycles. The zero-order valence-corrected chi connectivity index (χ0v) is 8.08. The molecule has 0 radical (unpaired) electrons. The fourth-order valence-electron chi connectivity index (χ4n) is 1.06. The summed E-state index contributed by atoms with van der Waals surface area (Å²) >= 11 is 1.99. The van der Waals surface area contributed by atoms with Crippen LogP contribution in [0.2, 0.25) is 0 Å². The second-order valence-corrected chi connectivity index (χ2v) is 5.26. The fourth-order valence-corrected chi connectivity index (χ4v) is 2.14. The number of nitriles is 1. The molecule has 62 valence electrons. The summed E-state index contributed by atoms with van der Waals surface area (Å²) < 4.78 is 0. The van der Waals surface area contributed by atoms with Crippen molar-refractivity contribution < 1.29 is 0 Å². The van der Waals surface area contributed by atoms with E-state index in [4.69, 9.17) is 5.26 Å². The molecule has 1 rings (SSSR count). The average molecular weight is 169 g/mol. The van der Waals surface area contributed by atoms with Crippen LogP contribution >= 0.6 is 11.8 Å². The second-order valence-electron chi connectivity index (χ2n) is 3.69. The maximum absolute atomic E-state index is 8.55. The van der Waals surface area contributed by atoms with Crippen LogP contribution in [0, 0.1) is 16.7 Å². The number of hydrogen-bond acceptors (Lipinski definition) is 2. The number of hydrogen-bond donors (Lipinski definition) is 0. The minimum absolute atomic E-state index is 0.434. The molecule has 0 bridgehead atoms. The second kappa shape index (κ2) is 3.49. The molecule has 0 amide bonds. The van der Waals surface area contributed by atoms with Crippen molar-refractivity contribution in [2.45, 2.75) is 38.4 Å². The van der Waals surface area contributed by atoms with Gasteiger partial charge in [0.05, 0.1) is 6.07 Å². The highest BCUT2D eigenvalue weighted by Crippen LogP contribution is 2.51. The van der Waals surface area contributed by atoms with Gasteiger partial charge >= 0.3 is 0 Å². The van der Waals surface area contributed by atoms with Gasteiger partial charge in [-0.2, -0.15) is 17.0 Å². The Morgan fingerprint density at radius 2 is 2.18 bits per heavy atom. The molecule has 0 aromatic rings. The Bertz CT molecular complexity index is 165. The van der Waals surface area contributed by atoms with Crippen molar-refractivity contribution in [1.29, 1.82) is 5.26 Å². The molecule has 1 aliphatic carbocycles. The molecule has 0 aliphatic heterocycles. The van der Waals surface area contributed by atoms with Crippen molar-refractivity contribution in [3.8, 4) is 6.07 Å². The van der Waals surface area contributed by atoms with E-state index in [1.165, 1.54) is 18.6 Å². The normalized spacial score (nSPS) is 19.8. The number of nitrogens with zero attached hydrogens (tertiary/aromatic N) is 1. The van der Waals surface area contributed by atoms with E-state index in [1.807, 2.05) is 11.8 Å². The van der Waals surface area contributed by atoms with Crippen LogP contribution in [0.5, 0.6) is 0 Å². The van der Waals surface area contributed by atoms with E-state index in [2.05, 4.69) is 19.9 Å². The van der Waals surface area contributed by atoms with Gasteiger partial charge < -0.3 is 0 Å². The predicted molar refractivity (Wildman–Crippen MR) is 49.5 cm³/mol. The van der Waals surface area contributed by atoms with Crippen molar-refractivity contribution in [3.63, 3.8) is 0 Å². The van der Waals surface area contributed by atoms with E-state index >= 15 is 0 Å². The molecule has 0 aromatic carbocycles. The Kier molecular flexibility index (Phi) is 2.84. The van der Waals surface area contributed by atoms with Gasteiger partial charge in [0.15, 0.2) is 0 Å². The first-order valence-electron chi connectivity index (χ1n) is 4.17. The molecule has 0 aromatic heterocycles. The monoisotopic (exact) mass is 169 g/mol. The van der Waals surface area contributed by atoms with E-state index in [9.17, 15) is 0 Å². The smallest absolute Gasteiger partial charge is 0.0627 e. The van der Waals surface area contributed by atoms with Crippen molar-refractivity contribution in [2.24, 2.45) is 5.41 Å². The van der Waals surface area contributed by atoms with Crippen molar-refractivity contribution >= 4 is 11.8 Å². The third-order valence-corrected chi connectivity index (χ3v) is 3.58. The van der Waals surface area contributed by atoms with Crippen LogP contribution in [0.3, 0.4) is 0 Å². The van der Waals surface area contributed by atoms with E-state index in [0.29, 0.717) is 10.7 Å². The first-order chi connectivity index (χ1) is 5.18. The number of thioether (sulfide) groups is 1. The van der Waals surface area contributed by atoms with Gasteiger partial charge in [0.25, 0.3) is 0 Å². The summed E-state index contributed by atoms with van der Waals surface area (Å²) in [5.41, 5.74) is 0.434. The molecule has 0 N–H and O–H groups in total. The van der Waals surface area contributed by atoms with E-state index < -0.39 is 0 Å². The third kappa shape index (κ3) is 2.75. The van der Waals surface area contributed by atoms with Crippen LogP contribution < -0.4 is 0 Å². The summed E-state index contributed by atoms with van der Waals surface area (Å²) in [5.74, 6) is 1.19. The third-order valence-electron chi connectivity index (χ3n) is 2.13. The van der Waals surface area contributed by atoms with Gasteiger partial charge in [-0.25, -0.2) is 0 Å². The summed E-state index contributed by atoms with van der Waals surface area (Å²) in [7, 11) is 0. The minimum atomic E-state index is 0.434. The average Bonchev–Trinajstić information content (AvgIpc) is 2.67. The zero-order chi connectivity index (χ0) is 8.32. The lowest BCUT2D eigenvalue weighted by atomic mass is 10.1. The lowest BCUT2D eigenvalue weighted by molar-refractivity contribution is 0.603. The molecular weight excluding hydrogens is 154 g/mol. The molecular formula is C9H15NS. The van der Waals surface area contributed by atoms with Crippen LogP contribution in [0.4, 0.5) is 0 Å². The molecule has 0 saturated heterocycles. The Labute approximate surface area is 73.2 Å². The zero-order valence-electron chi connectivity index (χ0n) is 7.26. The van der Waals surface area contributed by atoms with Crippen molar-refractivity contribution in [3.05, 3.63) is 0 Å². The molecule has 1 nitrogen and oxygen atoms in total. The lowest BCUT2D eigenvalue weighted by Gasteiger charge is -2.11. The molecule has 11 heavy (non-hydrogen) atoms. The quantitative estimate of drug-likeness (QED) is 0.646. The molecule has 1 saturated carbocycles. The Hall–Kier alpha value is -0.160. The Morgan fingerprint density at radius 1 is 1.55 bits per heavy atom. The summed E-state index contributed by atoms with van der Waals surface area (Å²) in [4.78, 5) is 0. The van der Waals surface area contributed by atoms with Gasteiger partial charge in [0.1, 0.15) is 0 Å². The standard InChI is InChI=1S/C9H15NS/c1-8(2)11-7-9(3-4-9)5-6-10/h8H,3-5,7H2,1-2H3. The predicted octanol–water partition coefficient (Wildman–Crippen LogP) is 2.82. The maximum Gasteiger partial charge on any atom is 0.0627 e. The van der Waals surface area contributed by atoms with Gasteiger partial charge in [-0.3, -0.25) is 0 Å². The van der Waals surface area contributed by atoms with Crippen LogP contribution in [-0.4, -0.2) is 11.0 Å². The van der Waals surface area contributed by atoms with Crippen LogP contribution in [0.1, 0.15) is 33.1 Å². The first kappa shape index (κ1) is 8.93. The van der Waals surface area contributed by atoms with Gasteiger partial charge in [0.2, 0.25) is 0 Å². The summed E-state index contributed by atoms with van der Waals surface area (Å²) in [6.45, 7) is 4.43. The largest absolute Gasteiger partial charge is 0.198 e. The van der Waals surface area contributed by atoms with E-state index in [1.54, 1.807) is 0 Å². The summed E-state index contributed by atoms with van der Waals surface area (Å²) in [6, 6.07) is 2.28. The van der Waals surface area contributed by atoms with Crippen molar-refractivity contribution in [2.75, 3.05) is 5.75 Å². The van der Waals surface area contributed by atoms with Gasteiger partial charge in [-0.15, -0.1) is 0 Å². The van der Waals surface area contributed by atoms with Gasteiger partial charge in [-0.1, -0.05) is 13.8 Å². The molecule has 0 unspecified atom stereocenters. The molecule has 1 fully saturated rings. The maximum atomic E-state index is 8.55. The first-order valence-corrected chi connectivity index (χ1v) is 5.22. The van der Waals surface area contributed by atoms with Crippen LogP contribution in [0.25, 0.3) is 0 Å². The van der Waals surface area contributed by atoms with E-state index in [0.717, 1.165) is 6.42 Å². The summed E-state index contributed by atoms with van der Waals surface area (Å²) in [6.07, 6.45) is 3.33. The highest BCUT2D eigenvalue weighted by Gasteiger charge is 2.42. The van der Waals surface area contributed by atoms with Crippen LogP contribution in [-0.2, 0) is 0 Å². The SMILES string of the molecule is CC(C)SCC1(CC#N)CC1.